The predicted octanol–water partition coefficient (Wildman–Crippen LogP) is 2.59. The Bertz CT molecular complexity index is 588. The summed E-state index contributed by atoms with van der Waals surface area (Å²) in [6.07, 6.45) is 0. The summed E-state index contributed by atoms with van der Waals surface area (Å²) in [5.74, 6) is -0.591. The molecule has 80 valence electrons. The Morgan fingerprint density at radius 1 is 1.50 bits per heavy atom. The summed E-state index contributed by atoms with van der Waals surface area (Å²) in [5, 5.41) is 8.63. The zero-order chi connectivity index (χ0) is 11.7. The van der Waals surface area contributed by atoms with Gasteiger partial charge in [-0.3, -0.25) is 0 Å². The molecule has 4 nitrogen and oxygen atoms in total. The van der Waals surface area contributed by atoms with Gasteiger partial charge in [-0.05, 0) is 18.2 Å². The van der Waals surface area contributed by atoms with E-state index in [0.717, 1.165) is 6.07 Å². The lowest BCUT2D eigenvalue weighted by molar-refractivity contribution is 0.590. The Labute approximate surface area is 95.1 Å². The molecule has 0 bridgehead atoms. The predicted molar refractivity (Wildman–Crippen MR) is 56.0 cm³/mol. The van der Waals surface area contributed by atoms with Crippen molar-refractivity contribution in [1.82, 2.24) is 4.98 Å². The number of aromatic nitrogens is 1. The average Bonchev–Trinajstić information content (AvgIpc) is 2.64. The first-order valence-corrected chi connectivity index (χ1v) is 4.61. The lowest BCUT2D eigenvalue weighted by atomic mass is 10.2. The first kappa shape index (κ1) is 10.5. The summed E-state index contributed by atoms with van der Waals surface area (Å²) in [7, 11) is 0. The lowest BCUT2D eigenvalue weighted by Gasteiger charge is -1.96. The molecule has 0 atom stereocenters. The SMILES string of the molecule is N#Cc1nc(-c2ccc(Cl)c(F)c2)oc1N. The van der Waals surface area contributed by atoms with Crippen LogP contribution in [0.1, 0.15) is 5.69 Å². The standard InChI is InChI=1S/C10H5ClFN3O/c11-6-2-1-5(3-7(6)12)10-15-8(4-13)9(14)16-10/h1-3H,14H2. The molecule has 6 heteroatoms. The highest BCUT2D eigenvalue weighted by Crippen LogP contribution is 2.26. The molecule has 0 fully saturated rings. The van der Waals surface area contributed by atoms with E-state index in [0.29, 0.717) is 5.56 Å². The van der Waals surface area contributed by atoms with Crippen LogP contribution in [0.2, 0.25) is 5.02 Å². The smallest absolute Gasteiger partial charge is 0.230 e. The second-order valence-corrected chi connectivity index (χ2v) is 3.38. The van der Waals surface area contributed by atoms with Gasteiger partial charge in [0.1, 0.15) is 11.9 Å². The number of nitrogens with two attached hydrogens (primary N) is 1. The van der Waals surface area contributed by atoms with Gasteiger partial charge in [-0.15, -0.1) is 0 Å². The number of benzene rings is 1. The summed E-state index contributed by atoms with van der Waals surface area (Å²) in [4.78, 5) is 3.81. The number of nitrogen functional groups attached to an aromatic ring is 1. The van der Waals surface area contributed by atoms with E-state index in [9.17, 15) is 4.39 Å². The van der Waals surface area contributed by atoms with Crippen LogP contribution in [0.5, 0.6) is 0 Å². The normalized spacial score (nSPS) is 10.1. The topological polar surface area (TPSA) is 75.8 Å². The van der Waals surface area contributed by atoms with Gasteiger partial charge in [-0.2, -0.15) is 10.2 Å². The van der Waals surface area contributed by atoms with E-state index in [4.69, 9.17) is 27.0 Å². The number of halogens is 2. The van der Waals surface area contributed by atoms with E-state index in [1.54, 1.807) is 6.07 Å². The number of nitriles is 1. The van der Waals surface area contributed by atoms with Crippen molar-refractivity contribution in [2.24, 2.45) is 0 Å². The maximum Gasteiger partial charge on any atom is 0.230 e. The number of rotatable bonds is 1. The number of hydrogen-bond acceptors (Lipinski definition) is 4. The summed E-state index contributed by atoms with van der Waals surface area (Å²) in [6.45, 7) is 0. The van der Waals surface area contributed by atoms with Crippen molar-refractivity contribution in [2.75, 3.05) is 5.73 Å². The van der Waals surface area contributed by atoms with Gasteiger partial charge in [-0.1, -0.05) is 11.6 Å². The molecule has 0 unspecified atom stereocenters. The van der Waals surface area contributed by atoms with Crippen molar-refractivity contribution in [3.8, 4) is 17.5 Å². The molecule has 0 radical (unpaired) electrons. The largest absolute Gasteiger partial charge is 0.419 e. The molecule has 2 N–H and O–H groups in total. The maximum atomic E-state index is 13.2. The van der Waals surface area contributed by atoms with Gasteiger partial charge in [0.25, 0.3) is 0 Å². The highest BCUT2D eigenvalue weighted by molar-refractivity contribution is 6.30. The minimum absolute atomic E-state index is 0.00350. The Morgan fingerprint density at radius 3 is 2.81 bits per heavy atom. The number of hydrogen-bond donors (Lipinski definition) is 1. The van der Waals surface area contributed by atoms with Crippen LogP contribution >= 0.6 is 11.6 Å². The van der Waals surface area contributed by atoms with Crippen molar-refractivity contribution in [2.45, 2.75) is 0 Å². The highest BCUT2D eigenvalue weighted by atomic mass is 35.5. The van der Waals surface area contributed by atoms with Crippen molar-refractivity contribution in [3.05, 3.63) is 34.7 Å². The van der Waals surface area contributed by atoms with Crippen molar-refractivity contribution in [1.29, 1.82) is 5.26 Å². The van der Waals surface area contributed by atoms with Gasteiger partial charge in [0.15, 0.2) is 0 Å². The van der Waals surface area contributed by atoms with Crippen molar-refractivity contribution in [3.63, 3.8) is 0 Å². The van der Waals surface area contributed by atoms with E-state index < -0.39 is 5.82 Å². The zero-order valence-electron chi connectivity index (χ0n) is 7.87. The molecule has 0 aliphatic rings. The molecular formula is C10H5ClFN3O. The first-order chi connectivity index (χ1) is 7.61. The van der Waals surface area contributed by atoms with Gasteiger partial charge in [0.2, 0.25) is 17.5 Å². The summed E-state index contributed by atoms with van der Waals surface area (Å²) < 4.78 is 18.2. The van der Waals surface area contributed by atoms with Crippen LogP contribution in [0.3, 0.4) is 0 Å². The molecule has 1 aromatic carbocycles. The highest BCUT2D eigenvalue weighted by Gasteiger charge is 2.12. The fourth-order valence-corrected chi connectivity index (χ4v) is 1.28. The van der Waals surface area contributed by atoms with Crippen LogP contribution in [-0.2, 0) is 0 Å². The Kier molecular flexibility index (Phi) is 2.50. The molecule has 0 aliphatic carbocycles. The number of anilines is 1. The molecule has 1 aromatic heterocycles. The van der Waals surface area contributed by atoms with Gasteiger partial charge in [0.05, 0.1) is 5.02 Å². The fourth-order valence-electron chi connectivity index (χ4n) is 1.16. The van der Waals surface area contributed by atoms with Gasteiger partial charge in [-0.25, -0.2) is 4.39 Å². The summed E-state index contributed by atoms with van der Waals surface area (Å²) in [5.41, 5.74) is 5.73. The fraction of sp³-hybridized carbons (Fsp3) is 0. The Hall–Kier alpha value is -2.06. The minimum Gasteiger partial charge on any atom is -0.419 e. The lowest BCUT2D eigenvalue weighted by Crippen LogP contribution is -1.84. The van der Waals surface area contributed by atoms with Gasteiger partial charge in [0, 0.05) is 5.56 Å². The molecule has 2 rings (SSSR count). The molecule has 0 aliphatic heterocycles. The van der Waals surface area contributed by atoms with Crippen LogP contribution in [0.25, 0.3) is 11.5 Å². The third-order valence-electron chi connectivity index (χ3n) is 1.93. The summed E-state index contributed by atoms with van der Waals surface area (Å²) >= 11 is 5.53. The zero-order valence-corrected chi connectivity index (χ0v) is 8.62. The van der Waals surface area contributed by atoms with Crippen LogP contribution < -0.4 is 5.73 Å². The minimum atomic E-state index is -0.588. The third-order valence-corrected chi connectivity index (χ3v) is 2.23. The molecule has 0 saturated carbocycles. The van der Waals surface area contributed by atoms with Gasteiger partial charge < -0.3 is 10.2 Å². The second kappa shape index (κ2) is 3.83. The van der Waals surface area contributed by atoms with Crippen molar-refractivity contribution >= 4 is 17.5 Å². The van der Waals surface area contributed by atoms with Gasteiger partial charge >= 0.3 is 0 Å². The molecule has 1 heterocycles. The quantitative estimate of drug-likeness (QED) is 0.827. The Morgan fingerprint density at radius 2 is 2.25 bits per heavy atom. The molecule has 2 aromatic rings. The molecular weight excluding hydrogens is 233 g/mol. The molecule has 0 amide bonds. The maximum absolute atomic E-state index is 13.2. The van der Waals surface area contributed by atoms with E-state index >= 15 is 0 Å². The van der Waals surface area contributed by atoms with E-state index in [1.165, 1.54) is 12.1 Å². The van der Waals surface area contributed by atoms with E-state index in [1.807, 2.05) is 0 Å². The third kappa shape index (κ3) is 1.71. The molecule has 0 spiro atoms. The van der Waals surface area contributed by atoms with Crippen LogP contribution in [0.4, 0.5) is 10.3 Å². The molecule has 16 heavy (non-hydrogen) atoms. The van der Waals surface area contributed by atoms with Crippen LogP contribution in [-0.4, -0.2) is 4.98 Å². The summed E-state index contributed by atoms with van der Waals surface area (Å²) in [6, 6.07) is 5.82. The van der Waals surface area contributed by atoms with Crippen LogP contribution in [0, 0.1) is 17.1 Å². The average molecular weight is 238 g/mol. The molecule has 0 saturated heterocycles. The van der Waals surface area contributed by atoms with Crippen molar-refractivity contribution < 1.29 is 8.81 Å². The monoisotopic (exact) mass is 237 g/mol. The van der Waals surface area contributed by atoms with E-state index in [2.05, 4.69) is 4.98 Å². The second-order valence-electron chi connectivity index (χ2n) is 2.97. The Balaban J connectivity index is 2.51. The first-order valence-electron chi connectivity index (χ1n) is 4.23. The number of nitrogens with zero attached hydrogens (tertiary/aromatic N) is 2. The van der Waals surface area contributed by atoms with Crippen LogP contribution in [0.15, 0.2) is 22.6 Å². The number of oxazole rings is 1. The van der Waals surface area contributed by atoms with E-state index in [-0.39, 0.29) is 22.5 Å².